The van der Waals surface area contributed by atoms with Crippen molar-refractivity contribution >= 4 is 11.9 Å². The van der Waals surface area contributed by atoms with Crippen LogP contribution in [0.2, 0.25) is 0 Å². The molecule has 0 aromatic heterocycles. The average molecular weight is 228 g/mol. The standard InChI is InChI=1S/C11H20N2O3/c1-3-13-7-4-5-11(6-8-13,10(15)16)12-9(2)14/h3-8H2,1-2H3,(H,12,14)(H,15,16). The van der Waals surface area contributed by atoms with Crippen LogP contribution in [0, 0.1) is 0 Å². The molecule has 92 valence electrons. The van der Waals surface area contributed by atoms with Gasteiger partial charge < -0.3 is 15.3 Å². The molecular weight excluding hydrogens is 208 g/mol. The van der Waals surface area contributed by atoms with Crippen LogP contribution >= 0.6 is 0 Å². The lowest BCUT2D eigenvalue weighted by Crippen LogP contribution is -2.54. The third kappa shape index (κ3) is 2.95. The fraction of sp³-hybridized carbons (Fsp3) is 0.818. The zero-order valence-electron chi connectivity index (χ0n) is 9.95. The minimum atomic E-state index is -1.06. The molecule has 16 heavy (non-hydrogen) atoms. The number of nitrogens with zero attached hydrogens (tertiary/aromatic N) is 1. The van der Waals surface area contributed by atoms with E-state index in [9.17, 15) is 14.7 Å². The summed E-state index contributed by atoms with van der Waals surface area (Å²) in [5, 5.41) is 11.9. The third-order valence-electron chi connectivity index (χ3n) is 3.20. The zero-order chi connectivity index (χ0) is 12.2. The molecule has 1 heterocycles. The Kier molecular flexibility index (Phi) is 4.29. The molecule has 1 rings (SSSR count). The topological polar surface area (TPSA) is 69.6 Å². The second-order valence-corrected chi connectivity index (χ2v) is 4.36. The SMILES string of the molecule is CCN1CCCC(NC(C)=O)(C(=O)O)CC1. The van der Waals surface area contributed by atoms with Gasteiger partial charge in [-0.25, -0.2) is 4.79 Å². The van der Waals surface area contributed by atoms with Crippen molar-refractivity contribution in [1.29, 1.82) is 0 Å². The summed E-state index contributed by atoms with van der Waals surface area (Å²) in [6.07, 6.45) is 1.80. The Hall–Kier alpha value is -1.10. The molecule has 1 atom stereocenters. The van der Waals surface area contributed by atoms with Crippen molar-refractivity contribution in [1.82, 2.24) is 10.2 Å². The first kappa shape index (κ1) is 13.0. The number of likely N-dealkylation sites (tertiary alicyclic amines) is 1. The number of amides is 1. The molecule has 1 unspecified atom stereocenters. The number of hydrogen-bond acceptors (Lipinski definition) is 3. The molecule has 0 aliphatic carbocycles. The molecule has 2 N–H and O–H groups in total. The van der Waals surface area contributed by atoms with Crippen molar-refractivity contribution in [3.63, 3.8) is 0 Å². The van der Waals surface area contributed by atoms with Gasteiger partial charge in [0.05, 0.1) is 0 Å². The van der Waals surface area contributed by atoms with Gasteiger partial charge in [-0.15, -0.1) is 0 Å². The van der Waals surface area contributed by atoms with E-state index in [1.807, 2.05) is 0 Å². The van der Waals surface area contributed by atoms with E-state index >= 15 is 0 Å². The van der Waals surface area contributed by atoms with Gasteiger partial charge in [0.15, 0.2) is 0 Å². The lowest BCUT2D eigenvalue weighted by atomic mass is 9.90. The maximum absolute atomic E-state index is 11.3. The molecule has 0 spiro atoms. The van der Waals surface area contributed by atoms with Gasteiger partial charge in [-0.05, 0) is 32.4 Å². The molecular formula is C11H20N2O3. The Morgan fingerprint density at radius 2 is 2.06 bits per heavy atom. The molecule has 1 aliphatic heterocycles. The normalized spacial score (nSPS) is 27.1. The fourth-order valence-electron chi connectivity index (χ4n) is 2.24. The maximum Gasteiger partial charge on any atom is 0.329 e. The predicted octanol–water partition coefficient (Wildman–Crippen LogP) is 0.452. The van der Waals surface area contributed by atoms with Crippen molar-refractivity contribution in [2.24, 2.45) is 0 Å². The first-order valence-corrected chi connectivity index (χ1v) is 5.74. The number of carboxylic acids is 1. The highest BCUT2D eigenvalue weighted by Crippen LogP contribution is 2.22. The molecule has 0 aromatic rings. The summed E-state index contributed by atoms with van der Waals surface area (Å²) in [5.41, 5.74) is -1.06. The van der Waals surface area contributed by atoms with Gasteiger partial charge in [0, 0.05) is 13.5 Å². The van der Waals surface area contributed by atoms with Crippen LogP contribution in [0.4, 0.5) is 0 Å². The van der Waals surface area contributed by atoms with Crippen LogP contribution in [-0.2, 0) is 9.59 Å². The number of hydrogen-bond donors (Lipinski definition) is 2. The lowest BCUT2D eigenvalue weighted by Gasteiger charge is -2.28. The van der Waals surface area contributed by atoms with Gasteiger partial charge in [-0.3, -0.25) is 4.79 Å². The molecule has 1 saturated heterocycles. The largest absolute Gasteiger partial charge is 0.480 e. The van der Waals surface area contributed by atoms with Crippen LogP contribution in [0.25, 0.3) is 0 Å². The third-order valence-corrected chi connectivity index (χ3v) is 3.20. The first-order chi connectivity index (χ1) is 7.50. The van der Waals surface area contributed by atoms with Gasteiger partial charge in [0.1, 0.15) is 5.54 Å². The summed E-state index contributed by atoms with van der Waals surface area (Å²) >= 11 is 0. The lowest BCUT2D eigenvalue weighted by molar-refractivity contribution is -0.148. The van der Waals surface area contributed by atoms with Crippen LogP contribution in [0.5, 0.6) is 0 Å². The van der Waals surface area contributed by atoms with Crippen LogP contribution in [0.15, 0.2) is 0 Å². The van der Waals surface area contributed by atoms with Crippen LogP contribution in [-0.4, -0.2) is 47.1 Å². The summed E-state index contributed by atoms with van der Waals surface area (Å²) in [5.74, 6) is -1.19. The summed E-state index contributed by atoms with van der Waals surface area (Å²) in [7, 11) is 0. The molecule has 5 heteroatoms. The monoisotopic (exact) mass is 228 g/mol. The second-order valence-electron chi connectivity index (χ2n) is 4.36. The van der Waals surface area contributed by atoms with Crippen molar-refractivity contribution in [3.8, 4) is 0 Å². The van der Waals surface area contributed by atoms with Crippen LogP contribution in [0.1, 0.15) is 33.1 Å². The summed E-state index contributed by atoms with van der Waals surface area (Å²) < 4.78 is 0. The van der Waals surface area contributed by atoms with Gasteiger partial charge >= 0.3 is 5.97 Å². The molecule has 5 nitrogen and oxygen atoms in total. The van der Waals surface area contributed by atoms with Crippen LogP contribution in [0.3, 0.4) is 0 Å². The van der Waals surface area contributed by atoms with Crippen molar-refractivity contribution in [3.05, 3.63) is 0 Å². The van der Waals surface area contributed by atoms with Crippen LogP contribution < -0.4 is 5.32 Å². The molecule has 1 amide bonds. The van der Waals surface area contributed by atoms with E-state index in [-0.39, 0.29) is 5.91 Å². The number of carbonyl (C=O) groups excluding carboxylic acids is 1. The minimum Gasteiger partial charge on any atom is -0.480 e. The summed E-state index contributed by atoms with van der Waals surface area (Å²) in [6.45, 7) is 5.99. The predicted molar refractivity (Wildman–Crippen MR) is 60.1 cm³/mol. The fourth-order valence-corrected chi connectivity index (χ4v) is 2.24. The van der Waals surface area contributed by atoms with E-state index < -0.39 is 11.5 Å². The summed E-state index contributed by atoms with van der Waals surface area (Å²) in [4.78, 5) is 24.6. The Balaban J connectivity index is 2.77. The average Bonchev–Trinajstić information content (AvgIpc) is 2.40. The van der Waals surface area contributed by atoms with E-state index in [2.05, 4.69) is 17.1 Å². The van der Waals surface area contributed by atoms with Gasteiger partial charge in [-0.2, -0.15) is 0 Å². The van der Waals surface area contributed by atoms with E-state index in [4.69, 9.17) is 0 Å². The smallest absolute Gasteiger partial charge is 0.329 e. The highest BCUT2D eigenvalue weighted by molar-refractivity contribution is 5.86. The minimum absolute atomic E-state index is 0.271. The highest BCUT2D eigenvalue weighted by atomic mass is 16.4. The Morgan fingerprint density at radius 1 is 1.38 bits per heavy atom. The zero-order valence-corrected chi connectivity index (χ0v) is 9.95. The van der Waals surface area contributed by atoms with Crippen molar-refractivity contribution in [2.45, 2.75) is 38.6 Å². The molecule has 0 bridgehead atoms. The number of carbonyl (C=O) groups is 2. The second kappa shape index (κ2) is 5.30. The maximum atomic E-state index is 11.3. The Morgan fingerprint density at radius 3 is 2.56 bits per heavy atom. The van der Waals surface area contributed by atoms with Gasteiger partial charge in [-0.1, -0.05) is 6.92 Å². The highest BCUT2D eigenvalue weighted by Gasteiger charge is 2.40. The quantitative estimate of drug-likeness (QED) is 0.736. The van der Waals surface area contributed by atoms with Crippen molar-refractivity contribution < 1.29 is 14.7 Å². The van der Waals surface area contributed by atoms with Gasteiger partial charge in [0.2, 0.25) is 5.91 Å². The van der Waals surface area contributed by atoms with E-state index in [0.717, 1.165) is 26.1 Å². The molecule has 1 fully saturated rings. The number of aliphatic carboxylic acids is 1. The number of carboxylic acid groups (broad SMARTS) is 1. The first-order valence-electron chi connectivity index (χ1n) is 5.74. The van der Waals surface area contributed by atoms with E-state index in [1.54, 1.807) is 0 Å². The van der Waals surface area contributed by atoms with Gasteiger partial charge in [0.25, 0.3) is 0 Å². The number of rotatable bonds is 3. The summed E-state index contributed by atoms with van der Waals surface area (Å²) in [6, 6.07) is 0. The molecule has 0 radical (unpaired) electrons. The van der Waals surface area contributed by atoms with Crippen molar-refractivity contribution in [2.75, 3.05) is 19.6 Å². The Bertz CT molecular complexity index is 280. The molecule has 0 saturated carbocycles. The number of nitrogens with one attached hydrogen (secondary N) is 1. The van der Waals surface area contributed by atoms with E-state index in [1.165, 1.54) is 6.92 Å². The molecule has 1 aliphatic rings. The van der Waals surface area contributed by atoms with E-state index in [0.29, 0.717) is 12.8 Å². The molecule has 0 aromatic carbocycles. The Labute approximate surface area is 95.8 Å².